The Bertz CT molecular complexity index is 608. The summed E-state index contributed by atoms with van der Waals surface area (Å²) < 4.78 is 38.4. The van der Waals surface area contributed by atoms with E-state index in [9.17, 15) is 13.2 Å². The number of hydrogen-bond acceptors (Lipinski definition) is 1. The molecule has 0 aliphatic carbocycles. The standard InChI is InChI=1S/C15H13ClF3N/c1-10-5-6-13(8-14(10)15(17,18)19)20-9-11-3-2-4-12(16)7-11/h2-8,20H,9H2,1H3. The van der Waals surface area contributed by atoms with Gasteiger partial charge in [0.25, 0.3) is 0 Å². The van der Waals surface area contributed by atoms with Gasteiger partial charge >= 0.3 is 6.18 Å². The first kappa shape index (κ1) is 14.7. The molecule has 0 aliphatic rings. The first-order valence-electron chi connectivity index (χ1n) is 6.02. The van der Waals surface area contributed by atoms with E-state index in [1.54, 1.807) is 24.3 Å². The maximum atomic E-state index is 12.8. The van der Waals surface area contributed by atoms with Crippen LogP contribution in [-0.4, -0.2) is 0 Å². The van der Waals surface area contributed by atoms with E-state index in [1.807, 2.05) is 6.07 Å². The number of benzene rings is 2. The highest BCUT2D eigenvalue weighted by molar-refractivity contribution is 6.30. The van der Waals surface area contributed by atoms with Gasteiger partial charge in [0.05, 0.1) is 5.56 Å². The molecule has 0 saturated carbocycles. The zero-order valence-electron chi connectivity index (χ0n) is 10.8. The average molecular weight is 300 g/mol. The molecule has 0 saturated heterocycles. The molecule has 5 heteroatoms. The van der Waals surface area contributed by atoms with Crippen molar-refractivity contribution in [3.63, 3.8) is 0 Å². The number of hydrogen-bond donors (Lipinski definition) is 1. The minimum Gasteiger partial charge on any atom is -0.381 e. The number of rotatable bonds is 3. The van der Waals surface area contributed by atoms with Crippen LogP contribution in [0.5, 0.6) is 0 Å². The Labute approximate surface area is 120 Å². The molecule has 2 aromatic rings. The number of alkyl halides is 3. The highest BCUT2D eigenvalue weighted by Gasteiger charge is 2.32. The fourth-order valence-corrected chi connectivity index (χ4v) is 2.10. The molecule has 0 amide bonds. The third-order valence-corrected chi connectivity index (χ3v) is 3.16. The summed E-state index contributed by atoms with van der Waals surface area (Å²) in [6.07, 6.45) is -4.34. The molecule has 2 rings (SSSR count). The van der Waals surface area contributed by atoms with E-state index >= 15 is 0 Å². The summed E-state index contributed by atoms with van der Waals surface area (Å²) in [5.41, 5.74) is 0.939. The van der Waals surface area contributed by atoms with Crippen LogP contribution in [0, 0.1) is 6.92 Å². The Morgan fingerprint density at radius 2 is 1.85 bits per heavy atom. The van der Waals surface area contributed by atoms with Gasteiger partial charge in [0.15, 0.2) is 0 Å². The molecule has 2 aromatic carbocycles. The van der Waals surface area contributed by atoms with Crippen molar-refractivity contribution >= 4 is 17.3 Å². The van der Waals surface area contributed by atoms with Crippen molar-refractivity contribution in [3.8, 4) is 0 Å². The first-order valence-corrected chi connectivity index (χ1v) is 6.40. The van der Waals surface area contributed by atoms with Gasteiger partial charge in [-0.25, -0.2) is 0 Å². The van der Waals surface area contributed by atoms with Gasteiger partial charge < -0.3 is 5.32 Å². The van der Waals surface area contributed by atoms with Crippen LogP contribution in [0.15, 0.2) is 42.5 Å². The minimum atomic E-state index is -4.34. The van der Waals surface area contributed by atoms with Crippen LogP contribution in [0.3, 0.4) is 0 Å². The SMILES string of the molecule is Cc1ccc(NCc2cccc(Cl)c2)cc1C(F)(F)F. The van der Waals surface area contributed by atoms with E-state index in [-0.39, 0.29) is 5.56 Å². The van der Waals surface area contributed by atoms with Crippen LogP contribution in [0.25, 0.3) is 0 Å². The maximum Gasteiger partial charge on any atom is 0.416 e. The highest BCUT2D eigenvalue weighted by atomic mass is 35.5. The molecular weight excluding hydrogens is 287 g/mol. The summed E-state index contributed by atoms with van der Waals surface area (Å²) in [5.74, 6) is 0. The van der Waals surface area contributed by atoms with Gasteiger partial charge in [-0.05, 0) is 42.3 Å². The average Bonchev–Trinajstić information content (AvgIpc) is 2.36. The fraction of sp³-hybridized carbons (Fsp3) is 0.200. The zero-order chi connectivity index (χ0) is 14.8. The predicted molar refractivity (Wildman–Crippen MR) is 75.0 cm³/mol. The number of nitrogens with one attached hydrogen (secondary N) is 1. The van der Waals surface area contributed by atoms with Gasteiger partial charge in [-0.2, -0.15) is 13.2 Å². The van der Waals surface area contributed by atoms with Crippen LogP contribution in [0.4, 0.5) is 18.9 Å². The zero-order valence-corrected chi connectivity index (χ0v) is 11.5. The second kappa shape index (κ2) is 5.75. The van der Waals surface area contributed by atoms with Gasteiger partial charge in [0, 0.05) is 17.3 Å². The molecule has 0 aliphatic heterocycles. The number of anilines is 1. The van der Waals surface area contributed by atoms with E-state index in [2.05, 4.69) is 5.32 Å². The van der Waals surface area contributed by atoms with Gasteiger partial charge in [0.2, 0.25) is 0 Å². The molecule has 1 nitrogen and oxygen atoms in total. The van der Waals surface area contributed by atoms with Crippen molar-refractivity contribution in [2.24, 2.45) is 0 Å². The minimum absolute atomic E-state index is 0.214. The monoisotopic (exact) mass is 299 g/mol. The summed E-state index contributed by atoms with van der Waals surface area (Å²) in [7, 11) is 0. The Morgan fingerprint density at radius 1 is 1.10 bits per heavy atom. The van der Waals surface area contributed by atoms with E-state index in [1.165, 1.54) is 13.0 Å². The lowest BCUT2D eigenvalue weighted by Gasteiger charge is -2.13. The molecule has 1 N–H and O–H groups in total. The van der Waals surface area contributed by atoms with E-state index < -0.39 is 11.7 Å². The van der Waals surface area contributed by atoms with Crippen LogP contribution in [0.1, 0.15) is 16.7 Å². The first-order chi connectivity index (χ1) is 9.36. The molecule has 0 radical (unpaired) electrons. The van der Waals surface area contributed by atoms with Crippen molar-refractivity contribution in [3.05, 3.63) is 64.2 Å². The van der Waals surface area contributed by atoms with Crippen LogP contribution >= 0.6 is 11.6 Å². The van der Waals surface area contributed by atoms with Gasteiger partial charge in [-0.15, -0.1) is 0 Å². The number of halogens is 4. The summed E-state index contributed by atoms with van der Waals surface area (Å²) in [5, 5.41) is 3.57. The molecule has 0 spiro atoms. The summed E-state index contributed by atoms with van der Waals surface area (Å²) in [6.45, 7) is 1.87. The topological polar surface area (TPSA) is 12.0 Å². The van der Waals surface area contributed by atoms with Crippen LogP contribution in [-0.2, 0) is 12.7 Å². The van der Waals surface area contributed by atoms with Crippen molar-refractivity contribution in [1.82, 2.24) is 0 Å². The molecule has 0 unspecified atom stereocenters. The largest absolute Gasteiger partial charge is 0.416 e. The fourth-order valence-electron chi connectivity index (χ4n) is 1.89. The highest BCUT2D eigenvalue weighted by Crippen LogP contribution is 2.33. The second-order valence-electron chi connectivity index (χ2n) is 4.51. The molecular formula is C15H13ClF3N. The van der Waals surface area contributed by atoms with Crippen LogP contribution < -0.4 is 5.32 Å². The molecule has 0 bridgehead atoms. The molecule has 0 atom stereocenters. The summed E-state index contributed by atoms with van der Waals surface area (Å²) in [6, 6.07) is 11.4. The quantitative estimate of drug-likeness (QED) is 0.813. The molecule has 0 heterocycles. The normalized spacial score (nSPS) is 11.4. The Hall–Kier alpha value is -1.68. The molecule has 0 aromatic heterocycles. The Balaban J connectivity index is 2.14. The van der Waals surface area contributed by atoms with Crippen molar-refractivity contribution in [2.75, 3.05) is 5.32 Å². The summed E-state index contributed by atoms with van der Waals surface area (Å²) in [4.78, 5) is 0. The second-order valence-corrected chi connectivity index (χ2v) is 4.95. The van der Waals surface area contributed by atoms with Gasteiger partial charge in [0.1, 0.15) is 0 Å². The van der Waals surface area contributed by atoms with Crippen molar-refractivity contribution in [2.45, 2.75) is 19.6 Å². The van der Waals surface area contributed by atoms with Gasteiger partial charge in [-0.3, -0.25) is 0 Å². The third-order valence-electron chi connectivity index (χ3n) is 2.93. The lowest BCUT2D eigenvalue weighted by atomic mass is 10.1. The summed E-state index contributed by atoms with van der Waals surface area (Å²) >= 11 is 5.86. The molecule has 106 valence electrons. The van der Waals surface area contributed by atoms with E-state index in [4.69, 9.17) is 11.6 Å². The molecule has 20 heavy (non-hydrogen) atoms. The van der Waals surface area contributed by atoms with E-state index in [0.29, 0.717) is 17.3 Å². The Kier molecular flexibility index (Phi) is 4.23. The number of aryl methyl sites for hydroxylation is 1. The van der Waals surface area contributed by atoms with Crippen LogP contribution in [0.2, 0.25) is 5.02 Å². The smallest absolute Gasteiger partial charge is 0.381 e. The lowest BCUT2D eigenvalue weighted by molar-refractivity contribution is -0.138. The Morgan fingerprint density at radius 3 is 2.50 bits per heavy atom. The lowest BCUT2D eigenvalue weighted by Crippen LogP contribution is -2.09. The van der Waals surface area contributed by atoms with Crippen molar-refractivity contribution in [1.29, 1.82) is 0 Å². The predicted octanol–water partition coefficient (Wildman–Crippen LogP) is 5.28. The van der Waals surface area contributed by atoms with Crippen molar-refractivity contribution < 1.29 is 13.2 Å². The van der Waals surface area contributed by atoms with E-state index in [0.717, 1.165) is 11.6 Å². The third kappa shape index (κ3) is 3.67. The molecule has 0 fully saturated rings. The maximum absolute atomic E-state index is 12.8. The van der Waals surface area contributed by atoms with Gasteiger partial charge in [-0.1, -0.05) is 29.8 Å².